The van der Waals surface area contributed by atoms with Gasteiger partial charge in [0.25, 0.3) is 0 Å². The fourth-order valence-corrected chi connectivity index (χ4v) is 6.87. The van der Waals surface area contributed by atoms with E-state index in [0.29, 0.717) is 0 Å². The highest BCUT2D eigenvalue weighted by Gasteiger charge is 2.18. The Morgan fingerprint density at radius 2 is 1.00 bits per heavy atom. The summed E-state index contributed by atoms with van der Waals surface area (Å²) >= 11 is 0. The van der Waals surface area contributed by atoms with Crippen LogP contribution in [-0.4, -0.2) is 0 Å². The van der Waals surface area contributed by atoms with Crippen LogP contribution in [0.5, 0.6) is 0 Å². The van der Waals surface area contributed by atoms with Crippen molar-refractivity contribution in [2.75, 3.05) is 4.90 Å². The molecule has 9 rings (SSSR count). The predicted octanol–water partition coefficient (Wildman–Crippen LogP) is 13.2. The number of hydrogen-bond acceptors (Lipinski definition) is 2. The molecule has 1 aromatic heterocycles. The van der Waals surface area contributed by atoms with Crippen molar-refractivity contribution in [2.24, 2.45) is 0 Å². The Labute approximate surface area is 279 Å². The van der Waals surface area contributed by atoms with Gasteiger partial charge in [0.1, 0.15) is 11.3 Å². The van der Waals surface area contributed by atoms with Crippen LogP contribution in [0.25, 0.3) is 66.1 Å². The summed E-state index contributed by atoms with van der Waals surface area (Å²) < 4.78 is 6.24. The highest BCUT2D eigenvalue weighted by atomic mass is 16.3. The molecule has 0 N–H and O–H groups in total. The third-order valence-corrected chi connectivity index (χ3v) is 9.25. The van der Waals surface area contributed by atoms with Gasteiger partial charge in [0.2, 0.25) is 0 Å². The van der Waals surface area contributed by atoms with Crippen molar-refractivity contribution in [1.82, 2.24) is 0 Å². The molecule has 0 saturated carbocycles. The van der Waals surface area contributed by atoms with Crippen LogP contribution in [0, 0.1) is 0 Å². The molecule has 0 spiro atoms. The Bertz CT molecular complexity index is 2530. The fourth-order valence-electron chi connectivity index (χ4n) is 6.87. The van der Waals surface area contributed by atoms with Crippen molar-refractivity contribution in [3.05, 3.63) is 188 Å². The van der Waals surface area contributed by atoms with Gasteiger partial charge < -0.3 is 9.32 Å². The number of hydrogen-bond donors (Lipinski definition) is 0. The number of nitrogens with zero attached hydrogens (tertiary/aromatic N) is 1. The van der Waals surface area contributed by atoms with E-state index < -0.39 is 0 Å². The van der Waals surface area contributed by atoms with Gasteiger partial charge in [-0.25, -0.2) is 0 Å². The molecule has 0 atom stereocenters. The molecule has 0 amide bonds. The first-order valence-corrected chi connectivity index (χ1v) is 16.3. The van der Waals surface area contributed by atoms with Crippen molar-refractivity contribution in [2.45, 2.75) is 0 Å². The molecule has 0 aliphatic carbocycles. The lowest BCUT2D eigenvalue weighted by Crippen LogP contribution is -2.10. The fraction of sp³-hybridized carbons (Fsp3) is 0. The average molecular weight is 614 g/mol. The standard InChI is InChI=1S/C46H31NO/c1-2-11-32(12-3-1)34-21-24-39(25-22-34)47(40-26-23-33-13-4-5-14-35(33)30-40)44-28-27-41(42-18-7-8-19-43(42)44)36-16-10-17-37(29-36)46-31-38-15-6-9-20-45(38)48-46/h1-31H. The Balaban J connectivity index is 1.19. The third-order valence-electron chi connectivity index (χ3n) is 9.25. The summed E-state index contributed by atoms with van der Waals surface area (Å²) in [4.78, 5) is 2.39. The van der Waals surface area contributed by atoms with Crippen LogP contribution in [-0.2, 0) is 0 Å². The SMILES string of the molecule is c1ccc(-c2ccc(N(c3ccc4ccccc4c3)c3ccc(-c4cccc(-c5cc6ccccc6o5)c4)c4ccccc34)cc2)cc1. The number of para-hydroxylation sites is 1. The molecule has 0 aliphatic heterocycles. The Morgan fingerprint density at radius 1 is 0.354 bits per heavy atom. The lowest BCUT2D eigenvalue weighted by Gasteiger charge is -2.28. The molecule has 0 bridgehead atoms. The van der Waals surface area contributed by atoms with Gasteiger partial charge in [0.05, 0.1) is 5.69 Å². The lowest BCUT2D eigenvalue weighted by molar-refractivity contribution is 0.631. The van der Waals surface area contributed by atoms with E-state index in [2.05, 4.69) is 175 Å². The summed E-state index contributed by atoms with van der Waals surface area (Å²) in [5.41, 5.74) is 10.1. The second-order valence-electron chi connectivity index (χ2n) is 12.2. The Morgan fingerprint density at radius 3 is 1.83 bits per heavy atom. The first kappa shape index (κ1) is 27.9. The number of furan rings is 1. The van der Waals surface area contributed by atoms with Gasteiger partial charge in [0, 0.05) is 27.7 Å². The van der Waals surface area contributed by atoms with Crippen LogP contribution < -0.4 is 4.90 Å². The number of benzene rings is 8. The van der Waals surface area contributed by atoms with Crippen molar-refractivity contribution in [3.8, 4) is 33.6 Å². The minimum atomic E-state index is 0.875. The number of anilines is 3. The maximum absolute atomic E-state index is 6.24. The van der Waals surface area contributed by atoms with E-state index in [9.17, 15) is 0 Å². The second-order valence-corrected chi connectivity index (χ2v) is 12.2. The van der Waals surface area contributed by atoms with E-state index in [4.69, 9.17) is 4.42 Å². The molecule has 0 radical (unpaired) electrons. The molecular formula is C46H31NO. The molecule has 226 valence electrons. The van der Waals surface area contributed by atoms with Crippen molar-refractivity contribution in [1.29, 1.82) is 0 Å². The highest BCUT2D eigenvalue weighted by molar-refractivity contribution is 6.07. The molecule has 0 aliphatic rings. The summed E-state index contributed by atoms with van der Waals surface area (Å²) in [7, 11) is 0. The summed E-state index contributed by atoms with van der Waals surface area (Å²) in [5, 5.41) is 5.93. The van der Waals surface area contributed by atoms with Gasteiger partial charge in [-0.3, -0.25) is 0 Å². The summed E-state index contributed by atoms with van der Waals surface area (Å²) in [5.74, 6) is 0.875. The summed E-state index contributed by atoms with van der Waals surface area (Å²) in [6.45, 7) is 0. The zero-order chi connectivity index (χ0) is 31.9. The second kappa shape index (κ2) is 11.8. The highest BCUT2D eigenvalue weighted by Crippen LogP contribution is 2.43. The molecule has 0 saturated heterocycles. The van der Waals surface area contributed by atoms with Gasteiger partial charge in [-0.05, 0) is 86.9 Å². The molecular weight excluding hydrogens is 583 g/mol. The van der Waals surface area contributed by atoms with E-state index in [1.165, 1.54) is 38.2 Å². The van der Waals surface area contributed by atoms with Crippen LogP contribution in [0.1, 0.15) is 0 Å². The number of rotatable bonds is 6. The third kappa shape index (κ3) is 5.01. The van der Waals surface area contributed by atoms with E-state index in [1.807, 2.05) is 18.2 Å². The van der Waals surface area contributed by atoms with Gasteiger partial charge >= 0.3 is 0 Å². The molecule has 0 fully saturated rings. The largest absolute Gasteiger partial charge is 0.456 e. The van der Waals surface area contributed by atoms with Crippen LogP contribution in [0.2, 0.25) is 0 Å². The van der Waals surface area contributed by atoms with Crippen LogP contribution in [0.15, 0.2) is 192 Å². The predicted molar refractivity (Wildman–Crippen MR) is 202 cm³/mol. The van der Waals surface area contributed by atoms with Gasteiger partial charge in [-0.15, -0.1) is 0 Å². The summed E-state index contributed by atoms with van der Waals surface area (Å²) in [6, 6.07) is 67.0. The van der Waals surface area contributed by atoms with Crippen LogP contribution >= 0.6 is 0 Å². The van der Waals surface area contributed by atoms with Gasteiger partial charge in [0.15, 0.2) is 0 Å². The quantitative estimate of drug-likeness (QED) is 0.185. The van der Waals surface area contributed by atoms with Crippen molar-refractivity contribution < 1.29 is 4.42 Å². The maximum Gasteiger partial charge on any atom is 0.135 e. The van der Waals surface area contributed by atoms with Crippen molar-refractivity contribution in [3.63, 3.8) is 0 Å². The first-order chi connectivity index (χ1) is 23.8. The average Bonchev–Trinajstić information content (AvgIpc) is 3.60. The zero-order valence-electron chi connectivity index (χ0n) is 26.3. The molecule has 2 heteroatoms. The minimum absolute atomic E-state index is 0.875. The smallest absolute Gasteiger partial charge is 0.135 e. The van der Waals surface area contributed by atoms with E-state index in [0.717, 1.165) is 44.9 Å². The Kier molecular flexibility index (Phi) is 6.84. The Hall–Kier alpha value is -6.38. The zero-order valence-corrected chi connectivity index (χ0v) is 26.3. The maximum atomic E-state index is 6.24. The first-order valence-electron chi connectivity index (χ1n) is 16.3. The van der Waals surface area contributed by atoms with Crippen LogP contribution in [0.4, 0.5) is 17.1 Å². The lowest BCUT2D eigenvalue weighted by atomic mass is 9.94. The molecule has 48 heavy (non-hydrogen) atoms. The molecule has 0 unspecified atom stereocenters. The van der Waals surface area contributed by atoms with Gasteiger partial charge in [-0.2, -0.15) is 0 Å². The molecule has 9 aromatic rings. The van der Waals surface area contributed by atoms with E-state index >= 15 is 0 Å². The van der Waals surface area contributed by atoms with E-state index in [1.54, 1.807) is 0 Å². The van der Waals surface area contributed by atoms with E-state index in [-0.39, 0.29) is 0 Å². The van der Waals surface area contributed by atoms with Crippen molar-refractivity contribution >= 4 is 49.6 Å². The topological polar surface area (TPSA) is 16.4 Å². The van der Waals surface area contributed by atoms with Gasteiger partial charge in [-0.1, -0.05) is 140 Å². The normalized spacial score (nSPS) is 11.3. The summed E-state index contributed by atoms with van der Waals surface area (Å²) in [6.07, 6.45) is 0. The molecule has 2 nitrogen and oxygen atoms in total. The minimum Gasteiger partial charge on any atom is -0.456 e. The number of fused-ring (bicyclic) bond motifs is 3. The monoisotopic (exact) mass is 613 g/mol. The molecule has 1 heterocycles. The van der Waals surface area contributed by atoms with Crippen LogP contribution in [0.3, 0.4) is 0 Å². The molecule has 8 aromatic carbocycles.